The molecule has 0 bridgehead atoms. The third kappa shape index (κ3) is 8.30. The highest BCUT2D eigenvalue weighted by molar-refractivity contribution is 7.91. The maximum atomic E-state index is 12.7. The Bertz CT molecular complexity index is 1420. The van der Waals surface area contributed by atoms with Gasteiger partial charge in [0.2, 0.25) is 0 Å². The van der Waals surface area contributed by atoms with Gasteiger partial charge in [-0.1, -0.05) is 18.2 Å². The largest absolute Gasteiger partial charge is 0.395 e. The molecule has 12 heteroatoms. The smallest absolute Gasteiger partial charge is 0.179 e. The van der Waals surface area contributed by atoms with Crippen molar-refractivity contribution in [1.29, 1.82) is 5.26 Å². The molecule has 0 spiro atoms. The van der Waals surface area contributed by atoms with Crippen LogP contribution in [0.25, 0.3) is 0 Å². The van der Waals surface area contributed by atoms with Gasteiger partial charge in [0.15, 0.2) is 21.5 Å². The molecule has 2 aromatic carbocycles. The van der Waals surface area contributed by atoms with Crippen LogP contribution in [0.3, 0.4) is 0 Å². The number of aliphatic hydroxyl groups excluding tert-OH is 2. The molecule has 0 aliphatic heterocycles. The van der Waals surface area contributed by atoms with Crippen LogP contribution in [0.2, 0.25) is 0 Å². The van der Waals surface area contributed by atoms with Crippen molar-refractivity contribution in [3.8, 4) is 6.07 Å². The highest BCUT2D eigenvalue weighted by Gasteiger charge is 2.19. The van der Waals surface area contributed by atoms with Crippen LogP contribution >= 0.6 is 0 Å². The van der Waals surface area contributed by atoms with E-state index in [1.807, 2.05) is 30.3 Å². The number of para-hydroxylation sites is 1. The molecule has 39 heavy (non-hydrogen) atoms. The number of benzene rings is 2. The number of hydrogen-bond donors (Lipinski definition) is 4. The van der Waals surface area contributed by atoms with E-state index in [1.54, 1.807) is 37.9 Å². The van der Waals surface area contributed by atoms with E-state index in [4.69, 9.17) is 5.11 Å². The summed E-state index contributed by atoms with van der Waals surface area (Å²) >= 11 is 0. The molecule has 0 aliphatic rings. The summed E-state index contributed by atoms with van der Waals surface area (Å²) in [7, 11) is -1.76. The Hall–Kier alpha value is -3.89. The molecule has 1 atom stereocenters. The normalized spacial score (nSPS) is 12.4. The molecule has 4 N–H and O–H groups in total. The zero-order chi connectivity index (χ0) is 28.4. The van der Waals surface area contributed by atoms with Gasteiger partial charge >= 0.3 is 0 Å². The Labute approximate surface area is 228 Å². The summed E-state index contributed by atoms with van der Waals surface area (Å²) in [4.78, 5) is 6.48. The van der Waals surface area contributed by atoms with Crippen LogP contribution in [0.15, 0.2) is 69.7 Å². The number of aliphatic hydroxyl groups is 2. The Morgan fingerprint density at radius 1 is 1.08 bits per heavy atom. The number of likely N-dealkylation sites (N-methyl/N-ethyl adjacent to an activating group) is 1. The molecule has 1 unspecified atom stereocenters. The molecular weight excluding hydrogens is 518 g/mol. The standard InChI is InChI=1S/C27H33N7O4S/c1-19(36)18-29-27-25(20(2)24(17-28)26(31-27)30-21-7-5-4-6-8-21)33-32-22-9-11-23(12-10-22)39(37,38)16-14-34(3)13-15-35/h4-12,19,35-36H,13-16,18H2,1-3H3,(H2,29,30,31). The average Bonchev–Trinajstić information content (AvgIpc) is 2.91. The Morgan fingerprint density at radius 2 is 1.77 bits per heavy atom. The Balaban J connectivity index is 1.89. The maximum absolute atomic E-state index is 12.7. The van der Waals surface area contributed by atoms with E-state index in [1.165, 1.54) is 12.1 Å². The van der Waals surface area contributed by atoms with Gasteiger partial charge in [0.05, 0.1) is 34.6 Å². The lowest BCUT2D eigenvalue weighted by Crippen LogP contribution is -2.28. The van der Waals surface area contributed by atoms with E-state index in [0.717, 1.165) is 5.69 Å². The highest BCUT2D eigenvalue weighted by atomic mass is 32.2. The fourth-order valence-corrected chi connectivity index (χ4v) is 4.91. The minimum atomic E-state index is -3.51. The molecule has 1 aromatic heterocycles. The number of anilines is 3. The summed E-state index contributed by atoms with van der Waals surface area (Å²) in [5.41, 5.74) is 2.33. The third-order valence-corrected chi connectivity index (χ3v) is 7.52. The first kappa shape index (κ1) is 29.7. The number of azo groups is 1. The molecule has 0 fully saturated rings. The predicted octanol–water partition coefficient (Wildman–Crippen LogP) is 3.91. The quantitative estimate of drug-likeness (QED) is 0.231. The van der Waals surface area contributed by atoms with Gasteiger partial charge in [-0.3, -0.25) is 0 Å². The van der Waals surface area contributed by atoms with Crippen LogP contribution in [-0.2, 0) is 9.84 Å². The van der Waals surface area contributed by atoms with Crippen LogP contribution < -0.4 is 10.6 Å². The lowest BCUT2D eigenvalue weighted by Gasteiger charge is -2.16. The van der Waals surface area contributed by atoms with Crippen molar-refractivity contribution in [2.45, 2.75) is 24.8 Å². The fraction of sp³-hybridized carbons (Fsp3) is 0.333. The minimum absolute atomic E-state index is 0.0381. The van der Waals surface area contributed by atoms with Crippen LogP contribution in [0.5, 0.6) is 0 Å². The number of pyridine rings is 1. The van der Waals surface area contributed by atoms with Crippen LogP contribution in [0.1, 0.15) is 18.1 Å². The average molecular weight is 552 g/mol. The van der Waals surface area contributed by atoms with Crippen LogP contribution in [0.4, 0.5) is 28.7 Å². The van der Waals surface area contributed by atoms with E-state index in [2.05, 4.69) is 31.9 Å². The van der Waals surface area contributed by atoms with E-state index < -0.39 is 15.9 Å². The van der Waals surface area contributed by atoms with Gasteiger partial charge in [0, 0.05) is 30.9 Å². The van der Waals surface area contributed by atoms with Gasteiger partial charge < -0.3 is 25.7 Å². The number of sulfone groups is 1. The minimum Gasteiger partial charge on any atom is -0.395 e. The number of nitriles is 1. The first-order valence-electron chi connectivity index (χ1n) is 12.4. The van der Waals surface area contributed by atoms with Crippen LogP contribution in [-0.4, -0.2) is 73.7 Å². The van der Waals surface area contributed by atoms with Gasteiger partial charge in [-0.15, -0.1) is 5.11 Å². The SMILES string of the molecule is Cc1c(C#N)c(Nc2ccccc2)nc(NCC(C)O)c1N=Nc1ccc(S(=O)(=O)CCN(C)CCO)cc1. The predicted molar refractivity (Wildman–Crippen MR) is 151 cm³/mol. The molecule has 3 rings (SSSR count). The van der Waals surface area contributed by atoms with Gasteiger partial charge in [-0.2, -0.15) is 10.4 Å². The molecular formula is C27H33N7O4S. The molecule has 0 amide bonds. The second-order valence-electron chi connectivity index (χ2n) is 9.03. The van der Waals surface area contributed by atoms with E-state index in [0.29, 0.717) is 47.2 Å². The Kier molecular flexibility index (Phi) is 10.5. The summed E-state index contributed by atoms with van der Waals surface area (Å²) in [5.74, 6) is 0.599. The number of nitrogens with one attached hydrogen (secondary N) is 2. The number of nitrogens with zero attached hydrogens (tertiary/aromatic N) is 5. The van der Waals surface area contributed by atoms with Crippen molar-refractivity contribution in [3.63, 3.8) is 0 Å². The van der Waals surface area contributed by atoms with Gasteiger partial charge in [-0.25, -0.2) is 13.4 Å². The summed E-state index contributed by atoms with van der Waals surface area (Å²) in [6.07, 6.45) is -0.656. The molecule has 206 valence electrons. The summed E-state index contributed by atoms with van der Waals surface area (Å²) in [6.45, 7) is 4.23. The topological polar surface area (TPSA) is 163 Å². The number of hydrogen-bond acceptors (Lipinski definition) is 11. The van der Waals surface area contributed by atoms with Crippen molar-refractivity contribution in [3.05, 3.63) is 65.7 Å². The zero-order valence-corrected chi connectivity index (χ0v) is 23.0. The van der Waals surface area contributed by atoms with Gasteiger partial charge in [0.25, 0.3) is 0 Å². The van der Waals surface area contributed by atoms with Crippen molar-refractivity contribution in [1.82, 2.24) is 9.88 Å². The van der Waals surface area contributed by atoms with Gasteiger partial charge in [0.1, 0.15) is 11.8 Å². The lowest BCUT2D eigenvalue weighted by atomic mass is 10.1. The first-order valence-corrected chi connectivity index (χ1v) is 14.0. The van der Waals surface area contributed by atoms with E-state index in [-0.39, 0.29) is 23.8 Å². The molecule has 3 aromatic rings. The highest BCUT2D eigenvalue weighted by Crippen LogP contribution is 2.36. The second-order valence-corrected chi connectivity index (χ2v) is 11.1. The van der Waals surface area contributed by atoms with Crippen LogP contribution in [0, 0.1) is 18.3 Å². The van der Waals surface area contributed by atoms with Gasteiger partial charge in [-0.05, 0) is 57.3 Å². The van der Waals surface area contributed by atoms with E-state index in [9.17, 15) is 18.8 Å². The molecule has 0 radical (unpaired) electrons. The molecule has 0 aliphatic carbocycles. The number of aromatic nitrogens is 1. The summed E-state index contributed by atoms with van der Waals surface area (Å²) in [6, 6.07) is 17.5. The lowest BCUT2D eigenvalue weighted by molar-refractivity contribution is 0.208. The zero-order valence-electron chi connectivity index (χ0n) is 22.2. The monoisotopic (exact) mass is 551 g/mol. The molecule has 1 heterocycles. The number of rotatable bonds is 13. The Morgan fingerprint density at radius 3 is 2.38 bits per heavy atom. The summed E-state index contributed by atoms with van der Waals surface area (Å²) < 4.78 is 25.3. The van der Waals surface area contributed by atoms with Crippen molar-refractivity contribution >= 4 is 38.5 Å². The second kappa shape index (κ2) is 13.8. The van der Waals surface area contributed by atoms with Crippen molar-refractivity contribution < 1.29 is 18.6 Å². The summed E-state index contributed by atoms with van der Waals surface area (Å²) in [5, 5.41) is 43.5. The maximum Gasteiger partial charge on any atom is 0.179 e. The molecule has 11 nitrogen and oxygen atoms in total. The molecule has 0 saturated carbocycles. The van der Waals surface area contributed by atoms with E-state index >= 15 is 0 Å². The third-order valence-electron chi connectivity index (χ3n) is 5.81. The first-order chi connectivity index (χ1) is 18.6. The van der Waals surface area contributed by atoms with Crippen molar-refractivity contribution in [2.24, 2.45) is 10.2 Å². The van der Waals surface area contributed by atoms with Crippen molar-refractivity contribution in [2.75, 3.05) is 49.7 Å². The molecule has 0 saturated heterocycles. The fourth-order valence-electron chi connectivity index (χ4n) is 3.57.